The summed E-state index contributed by atoms with van der Waals surface area (Å²) in [7, 11) is 0. The van der Waals surface area contributed by atoms with E-state index in [4.69, 9.17) is 23.2 Å². The van der Waals surface area contributed by atoms with Gasteiger partial charge in [-0.3, -0.25) is 0 Å². The predicted octanol–water partition coefficient (Wildman–Crippen LogP) is 2.40. The molecule has 0 atom stereocenters. The van der Waals surface area contributed by atoms with Crippen LogP contribution in [-0.2, 0) is 0 Å². The number of rotatable bonds is 0. The maximum Gasteiger partial charge on any atom is 0.150 e. The molecule has 0 N–H and O–H groups in total. The summed E-state index contributed by atoms with van der Waals surface area (Å²) in [5.74, 6) is 0. The molecule has 0 fully saturated rings. The summed E-state index contributed by atoms with van der Waals surface area (Å²) in [5.41, 5.74) is 1.33. The molecule has 1 rings (SSSR count). The number of hydrogen-bond donors (Lipinski definition) is 0. The van der Waals surface area contributed by atoms with Gasteiger partial charge in [0.1, 0.15) is 0 Å². The Morgan fingerprint density at radius 1 is 0.900 bits per heavy atom. The molecule has 10 heavy (non-hydrogen) atoms. The van der Waals surface area contributed by atoms with Crippen LogP contribution < -0.4 is 0 Å². The SMILES string of the molecule is Cc1nc(Cl)c(C)nc1Cl. The number of halogens is 2. The molecule has 0 unspecified atom stereocenters. The fourth-order valence-corrected chi connectivity index (χ4v) is 0.887. The Bertz CT molecular complexity index is 210. The second-order valence-electron chi connectivity index (χ2n) is 1.98. The first-order chi connectivity index (χ1) is 4.61. The smallest absolute Gasteiger partial charge is 0.150 e. The van der Waals surface area contributed by atoms with E-state index in [0.29, 0.717) is 21.7 Å². The summed E-state index contributed by atoms with van der Waals surface area (Å²) in [4.78, 5) is 7.89. The lowest BCUT2D eigenvalue weighted by molar-refractivity contribution is 1.06. The van der Waals surface area contributed by atoms with Gasteiger partial charge in [-0.1, -0.05) is 23.2 Å². The number of aromatic nitrogens is 2. The highest BCUT2D eigenvalue weighted by molar-refractivity contribution is 6.31. The normalized spacial score (nSPS) is 10.0. The molecule has 0 spiro atoms. The van der Waals surface area contributed by atoms with Crippen LogP contribution in [0.5, 0.6) is 0 Å². The third-order valence-corrected chi connectivity index (χ3v) is 1.84. The largest absolute Gasteiger partial charge is 0.236 e. The second-order valence-corrected chi connectivity index (χ2v) is 2.69. The molecule has 0 saturated heterocycles. The predicted molar refractivity (Wildman–Crippen MR) is 41.5 cm³/mol. The number of aryl methyl sites for hydroxylation is 2. The van der Waals surface area contributed by atoms with E-state index in [0.717, 1.165) is 0 Å². The molecule has 0 aliphatic rings. The van der Waals surface area contributed by atoms with Crippen LogP contribution in [0.1, 0.15) is 11.4 Å². The zero-order valence-corrected chi connectivity index (χ0v) is 7.16. The molecule has 0 aliphatic heterocycles. The Labute approximate surface area is 69.2 Å². The van der Waals surface area contributed by atoms with Gasteiger partial charge in [0.15, 0.2) is 10.3 Å². The van der Waals surface area contributed by atoms with Crippen LogP contribution in [0.2, 0.25) is 10.3 Å². The van der Waals surface area contributed by atoms with Crippen molar-refractivity contribution in [3.05, 3.63) is 21.7 Å². The molecular weight excluding hydrogens is 171 g/mol. The van der Waals surface area contributed by atoms with E-state index in [1.807, 2.05) is 0 Å². The Morgan fingerprint density at radius 2 is 1.20 bits per heavy atom. The summed E-state index contributed by atoms with van der Waals surface area (Å²) >= 11 is 11.3. The minimum absolute atomic E-state index is 0.418. The van der Waals surface area contributed by atoms with Crippen molar-refractivity contribution in [1.82, 2.24) is 9.97 Å². The van der Waals surface area contributed by atoms with E-state index in [9.17, 15) is 0 Å². The van der Waals surface area contributed by atoms with Crippen LogP contribution in [0.25, 0.3) is 0 Å². The average Bonchev–Trinajstić information content (AvgIpc) is 1.84. The maximum absolute atomic E-state index is 5.65. The zero-order chi connectivity index (χ0) is 7.72. The monoisotopic (exact) mass is 176 g/mol. The summed E-state index contributed by atoms with van der Waals surface area (Å²) in [6.07, 6.45) is 0. The molecule has 2 nitrogen and oxygen atoms in total. The van der Waals surface area contributed by atoms with Crippen molar-refractivity contribution < 1.29 is 0 Å². The summed E-state index contributed by atoms with van der Waals surface area (Å²) < 4.78 is 0. The van der Waals surface area contributed by atoms with Gasteiger partial charge in [-0.25, -0.2) is 9.97 Å². The Morgan fingerprint density at radius 3 is 1.50 bits per heavy atom. The zero-order valence-electron chi connectivity index (χ0n) is 5.65. The first-order valence-electron chi connectivity index (χ1n) is 2.77. The first kappa shape index (κ1) is 7.76. The van der Waals surface area contributed by atoms with Crippen molar-refractivity contribution in [3.63, 3.8) is 0 Å². The average molecular weight is 177 g/mol. The third kappa shape index (κ3) is 1.39. The highest BCUT2D eigenvalue weighted by atomic mass is 35.5. The quantitative estimate of drug-likeness (QED) is 0.607. The van der Waals surface area contributed by atoms with E-state index in [-0.39, 0.29) is 0 Å². The van der Waals surface area contributed by atoms with E-state index in [1.165, 1.54) is 0 Å². The molecule has 4 heteroatoms. The van der Waals surface area contributed by atoms with Crippen molar-refractivity contribution in [2.75, 3.05) is 0 Å². The van der Waals surface area contributed by atoms with Gasteiger partial charge in [0.2, 0.25) is 0 Å². The van der Waals surface area contributed by atoms with Crippen LogP contribution in [0.3, 0.4) is 0 Å². The van der Waals surface area contributed by atoms with Crippen molar-refractivity contribution >= 4 is 23.2 Å². The molecule has 1 aromatic heterocycles. The summed E-state index contributed by atoms with van der Waals surface area (Å²) in [5, 5.41) is 0.837. The summed E-state index contributed by atoms with van der Waals surface area (Å²) in [6.45, 7) is 3.53. The van der Waals surface area contributed by atoms with Gasteiger partial charge in [0, 0.05) is 0 Å². The molecule has 0 bridgehead atoms. The molecule has 0 radical (unpaired) electrons. The van der Waals surface area contributed by atoms with E-state index in [1.54, 1.807) is 13.8 Å². The van der Waals surface area contributed by atoms with Crippen LogP contribution in [0.15, 0.2) is 0 Å². The van der Waals surface area contributed by atoms with Crippen LogP contribution in [0.4, 0.5) is 0 Å². The molecule has 1 heterocycles. The molecule has 0 aromatic carbocycles. The van der Waals surface area contributed by atoms with Crippen LogP contribution >= 0.6 is 23.2 Å². The van der Waals surface area contributed by atoms with Gasteiger partial charge >= 0.3 is 0 Å². The minimum Gasteiger partial charge on any atom is -0.236 e. The van der Waals surface area contributed by atoms with Gasteiger partial charge in [0.25, 0.3) is 0 Å². The van der Waals surface area contributed by atoms with E-state index >= 15 is 0 Å². The highest BCUT2D eigenvalue weighted by Gasteiger charge is 2.02. The fraction of sp³-hybridized carbons (Fsp3) is 0.333. The number of hydrogen-bond acceptors (Lipinski definition) is 2. The Hall–Kier alpha value is -0.340. The van der Waals surface area contributed by atoms with Crippen molar-refractivity contribution in [2.45, 2.75) is 13.8 Å². The molecule has 54 valence electrons. The lowest BCUT2D eigenvalue weighted by Crippen LogP contribution is -1.91. The van der Waals surface area contributed by atoms with Gasteiger partial charge in [-0.05, 0) is 13.8 Å². The lowest BCUT2D eigenvalue weighted by atomic mass is 10.4. The van der Waals surface area contributed by atoms with Crippen LogP contribution in [0, 0.1) is 13.8 Å². The molecule has 0 saturated carbocycles. The fourth-order valence-electron chi connectivity index (χ4n) is 0.549. The molecule has 0 aliphatic carbocycles. The van der Waals surface area contributed by atoms with Crippen molar-refractivity contribution in [2.24, 2.45) is 0 Å². The highest BCUT2D eigenvalue weighted by Crippen LogP contribution is 2.15. The standard InChI is InChI=1S/C6H6Cl2N2/c1-3-5(7)10-4(2)6(8)9-3/h1-2H3. The molecule has 0 amide bonds. The molecular formula is C6H6Cl2N2. The summed E-state index contributed by atoms with van der Waals surface area (Å²) in [6, 6.07) is 0. The van der Waals surface area contributed by atoms with Gasteiger partial charge in [0.05, 0.1) is 11.4 Å². The van der Waals surface area contributed by atoms with E-state index in [2.05, 4.69) is 9.97 Å². The van der Waals surface area contributed by atoms with E-state index < -0.39 is 0 Å². The van der Waals surface area contributed by atoms with Gasteiger partial charge in [-0.2, -0.15) is 0 Å². The third-order valence-electron chi connectivity index (χ3n) is 1.13. The lowest BCUT2D eigenvalue weighted by Gasteiger charge is -1.98. The van der Waals surface area contributed by atoms with Crippen molar-refractivity contribution in [1.29, 1.82) is 0 Å². The minimum atomic E-state index is 0.418. The first-order valence-corrected chi connectivity index (χ1v) is 3.53. The second kappa shape index (κ2) is 2.72. The van der Waals surface area contributed by atoms with Gasteiger partial charge in [-0.15, -0.1) is 0 Å². The van der Waals surface area contributed by atoms with Gasteiger partial charge < -0.3 is 0 Å². The topological polar surface area (TPSA) is 25.8 Å². The Balaban J connectivity index is 3.28. The Kier molecular flexibility index (Phi) is 2.11. The maximum atomic E-state index is 5.65. The van der Waals surface area contributed by atoms with Crippen molar-refractivity contribution in [3.8, 4) is 0 Å². The molecule has 1 aromatic rings. The number of nitrogens with zero attached hydrogens (tertiary/aromatic N) is 2. The van der Waals surface area contributed by atoms with Crippen LogP contribution in [-0.4, -0.2) is 9.97 Å².